The van der Waals surface area contributed by atoms with Crippen molar-refractivity contribution in [3.63, 3.8) is 0 Å². The quantitative estimate of drug-likeness (QED) is 0.455. The minimum absolute atomic E-state index is 0.147. The van der Waals surface area contributed by atoms with Crippen molar-refractivity contribution in [1.29, 1.82) is 0 Å². The van der Waals surface area contributed by atoms with E-state index in [9.17, 15) is 14.4 Å². The maximum atomic E-state index is 13.0. The van der Waals surface area contributed by atoms with Gasteiger partial charge in [-0.3, -0.25) is 4.79 Å². The first kappa shape index (κ1) is 26.1. The minimum Gasteiger partial charge on any atom is -0.462 e. The van der Waals surface area contributed by atoms with E-state index >= 15 is 0 Å². The Bertz CT molecular complexity index is 1030. The van der Waals surface area contributed by atoms with Gasteiger partial charge in [0.2, 0.25) is 0 Å². The van der Waals surface area contributed by atoms with E-state index < -0.39 is 12.0 Å². The third kappa shape index (κ3) is 7.47. The second-order valence-corrected chi connectivity index (χ2v) is 9.38. The van der Waals surface area contributed by atoms with Gasteiger partial charge in [0.25, 0.3) is 5.91 Å². The molecular formula is C27H36N4O4. The molecule has 188 valence electrons. The predicted octanol–water partition coefficient (Wildman–Crippen LogP) is 5.13. The summed E-state index contributed by atoms with van der Waals surface area (Å²) in [4.78, 5) is 39.7. The number of amides is 3. The summed E-state index contributed by atoms with van der Waals surface area (Å²) in [5.41, 5.74) is 2.91. The minimum atomic E-state index is -0.443. The molecule has 0 bridgehead atoms. The average Bonchev–Trinajstić information content (AvgIpc) is 2.83. The topological polar surface area (TPSA) is 99.8 Å². The fraction of sp³-hybridized carbons (Fsp3) is 0.444. The van der Waals surface area contributed by atoms with Crippen LogP contribution in [-0.4, -0.2) is 44.1 Å². The van der Waals surface area contributed by atoms with Crippen molar-refractivity contribution >= 4 is 35.0 Å². The lowest BCUT2D eigenvalue weighted by molar-refractivity contribution is 0.0526. The van der Waals surface area contributed by atoms with Crippen molar-refractivity contribution < 1.29 is 19.1 Å². The highest BCUT2D eigenvalue weighted by molar-refractivity contribution is 6.04. The van der Waals surface area contributed by atoms with Gasteiger partial charge in [-0.15, -0.1) is 0 Å². The average molecular weight is 481 g/mol. The first-order valence-electron chi connectivity index (χ1n) is 12.3. The molecule has 3 amide bonds. The van der Waals surface area contributed by atoms with Gasteiger partial charge in [0.15, 0.2) is 0 Å². The molecule has 2 aromatic rings. The van der Waals surface area contributed by atoms with Crippen LogP contribution >= 0.6 is 0 Å². The lowest BCUT2D eigenvalue weighted by atomic mass is 9.97. The van der Waals surface area contributed by atoms with Crippen LogP contribution in [-0.2, 0) is 4.74 Å². The fourth-order valence-electron chi connectivity index (χ4n) is 3.91. The number of carbonyl (C=O) groups is 3. The van der Waals surface area contributed by atoms with Gasteiger partial charge in [-0.2, -0.15) is 0 Å². The highest BCUT2D eigenvalue weighted by Crippen LogP contribution is 2.29. The van der Waals surface area contributed by atoms with Gasteiger partial charge >= 0.3 is 12.0 Å². The summed E-state index contributed by atoms with van der Waals surface area (Å²) in [6, 6.07) is 11.5. The predicted molar refractivity (Wildman–Crippen MR) is 139 cm³/mol. The standard InChI is InChI=1S/C27H36N4O4/c1-5-35-26(33)20-6-8-21(9-7-20)29-27(34)30-22-10-11-24(31-14-12-19(4)13-15-31)23(16-22)25(32)28-17-18(2)3/h6-11,16,18-19H,5,12-15,17H2,1-4H3,(H,28,32)(H2,29,30,34). The number of piperidine rings is 1. The molecule has 0 atom stereocenters. The molecule has 2 aromatic carbocycles. The van der Waals surface area contributed by atoms with E-state index in [1.165, 1.54) is 0 Å². The largest absolute Gasteiger partial charge is 0.462 e. The highest BCUT2D eigenvalue weighted by atomic mass is 16.5. The van der Waals surface area contributed by atoms with Crippen LogP contribution in [0.3, 0.4) is 0 Å². The molecule has 3 N–H and O–H groups in total. The molecular weight excluding hydrogens is 444 g/mol. The van der Waals surface area contributed by atoms with E-state index in [1.54, 1.807) is 37.3 Å². The molecule has 0 aliphatic carbocycles. The molecule has 0 radical (unpaired) electrons. The summed E-state index contributed by atoms with van der Waals surface area (Å²) < 4.78 is 4.97. The first-order chi connectivity index (χ1) is 16.8. The molecule has 1 saturated heterocycles. The van der Waals surface area contributed by atoms with Crippen LogP contribution in [0.1, 0.15) is 61.3 Å². The molecule has 3 rings (SSSR count). The Labute approximate surface area is 207 Å². The number of hydrogen-bond donors (Lipinski definition) is 3. The van der Waals surface area contributed by atoms with Crippen molar-refractivity contribution in [1.82, 2.24) is 5.32 Å². The van der Waals surface area contributed by atoms with Gasteiger partial charge in [-0.05, 0) is 74.1 Å². The number of anilines is 3. The summed E-state index contributed by atoms with van der Waals surface area (Å²) in [6.45, 7) is 10.8. The number of urea groups is 1. The van der Waals surface area contributed by atoms with E-state index in [1.807, 2.05) is 12.1 Å². The molecule has 0 saturated carbocycles. The Balaban J connectivity index is 1.72. The number of carbonyl (C=O) groups excluding carboxylic acids is 3. The van der Waals surface area contributed by atoms with Gasteiger partial charge < -0.3 is 25.6 Å². The Morgan fingerprint density at radius 3 is 2.26 bits per heavy atom. The van der Waals surface area contributed by atoms with Crippen LogP contribution in [0.15, 0.2) is 42.5 Å². The first-order valence-corrected chi connectivity index (χ1v) is 12.3. The van der Waals surface area contributed by atoms with E-state index in [-0.39, 0.29) is 5.91 Å². The molecule has 35 heavy (non-hydrogen) atoms. The Kier molecular flexibility index (Phi) is 9.11. The summed E-state index contributed by atoms with van der Waals surface area (Å²) >= 11 is 0. The zero-order valence-corrected chi connectivity index (χ0v) is 21.0. The van der Waals surface area contributed by atoms with Crippen molar-refractivity contribution in [3.8, 4) is 0 Å². The van der Waals surface area contributed by atoms with Crippen molar-refractivity contribution in [2.75, 3.05) is 41.8 Å². The Hall–Kier alpha value is -3.55. The van der Waals surface area contributed by atoms with Crippen LogP contribution in [0.4, 0.5) is 21.9 Å². The second kappa shape index (κ2) is 12.2. The van der Waals surface area contributed by atoms with Crippen molar-refractivity contribution in [2.45, 2.75) is 40.5 Å². The molecule has 0 spiro atoms. The molecule has 8 nitrogen and oxygen atoms in total. The van der Waals surface area contributed by atoms with Gasteiger partial charge in [0, 0.05) is 36.7 Å². The van der Waals surface area contributed by atoms with Crippen LogP contribution < -0.4 is 20.9 Å². The van der Waals surface area contributed by atoms with Crippen LogP contribution in [0.2, 0.25) is 0 Å². The molecule has 1 fully saturated rings. The molecule has 0 aromatic heterocycles. The Morgan fingerprint density at radius 1 is 1.00 bits per heavy atom. The lowest BCUT2D eigenvalue weighted by Gasteiger charge is -2.33. The van der Waals surface area contributed by atoms with E-state index in [0.717, 1.165) is 31.6 Å². The number of esters is 1. The fourth-order valence-corrected chi connectivity index (χ4v) is 3.91. The molecule has 1 aliphatic heterocycles. The summed E-state index contributed by atoms with van der Waals surface area (Å²) in [5, 5.41) is 8.55. The summed E-state index contributed by atoms with van der Waals surface area (Å²) in [6.07, 6.45) is 2.18. The number of benzene rings is 2. The van der Waals surface area contributed by atoms with E-state index in [2.05, 4.69) is 41.6 Å². The summed E-state index contributed by atoms with van der Waals surface area (Å²) in [7, 11) is 0. The summed E-state index contributed by atoms with van der Waals surface area (Å²) in [5.74, 6) is 0.460. The van der Waals surface area contributed by atoms with Crippen molar-refractivity contribution in [3.05, 3.63) is 53.6 Å². The van der Waals surface area contributed by atoms with Crippen molar-refractivity contribution in [2.24, 2.45) is 11.8 Å². The van der Waals surface area contributed by atoms with Crippen LogP contribution in [0.5, 0.6) is 0 Å². The highest BCUT2D eigenvalue weighted by Gasteiger charge is 2.22. The molecule has 1 heterocycles. The van der Waals surface area contributed by atoms with Gasteiger partial charge in [-0.25, -0.2) is 9.59 Å². The van der Waals surface area contributed by atoms with Gasteiger partial charge in [-0.1, -0.05) is 20.8 Å². The smallest absolute Gasteiger partial charge is 0.338 e. The van der Waals surface area contributed by atoms with E-state index in [0.29, 0.717) is 47.5 Å². The molecule has 8 heteroatoms. The lowest BCUT2D eigenvalue weighted by Crippen LogP contribution is -2.35. The van der Waals surface area contributed by atoms with Gasteiger partial charge in [0.05, 0.1) is 17.7 Å². The second-order valence-electron chi connectivity index (χ2n) is 9.38. The normalized spacial score (nSPS) is 13.9. The number of hydrogen-bond acceptors (Lipinski definition) is 5. The number of rotatable bonds is 8. The number of nitrogens with one attached hydrogen (secondary N) is 3. The number of ether oxygens (including phenoxy) is 1. The SMILES string of the molecule is CCOC(=O)c1ccc(NC(=O)Nc2ccc(N3CCC(C)CC3)c(C(=O)NCC(C)C)c2)cc1. The zero-order chi connectivity index (χ0) is 25.4. The maximum Gasteiger partial charge on any atom is 0.338 e. The number of nitrogens with zero attached hydrogens (tertiary/aromatic N) is 1. The zero-order valence-electron chi connectivity index (χ0n) is 21.0. The molecule has 0 unspecified atom stereocenters. The van der Waals surface area contributed by atoms with Gasteiger partial charge in [0.1, 0.15) is 0 Å². The monoisotopic (exact) mass is 480 g/mol. The Morgan fingerprint density at radius 2 is 1.63 bits per heavy atom. The van der Waals surface area contributed by atoms with E-state index in [4.69, 9.17) is 4.74 Å². The van der Waals surface area contributed by atoms with Crippen LogP contribution in [0, 0.1) is 11.8 Å². The third-order valence-corrected chi connectivity index (χ3v) is 5.95. The third-order valence-electron chi connectivity index (χ3n) is 5.95. The molecule has 1 aliphatic rings. The maximum absolute atomic E-state index is 13.0. The van der Waals surface area contributed by atoms with Crippen LogP contribution in [0.25, 0.3) is 0 Å².